The minimum atomic E-state index is 0.0490. The zero-order valence-electron chi connectivity index (χ0n) is 9.25. The van der Waals surface area contributed by atoms with Gasteiger partial charge in [-0.15, -0.1) is 6.42 Å². The number of carbonyl (C=O) groups excluding carboxylic acids is 1. The Morgan fingerprint density at radius 2 is 2.20 bits per heavy atom. The van der Waals surface area contributed by atoms with Crippen molar-refractivity contribution in [2.75, 3.05) is 26.2 Å². The molecule has 0 saturated carbocycles. The number of nitrogens with zero attached hydrogens (tertiary/aromatic N) is 1. The van der Waals surface area contributed by atoms with Crippen LogP contribution in [0.2, 0.25) is 0 Å². The van der Waals surface area contributed by atoms with E-state index in [4.69, 9.17) is 6.42 Å². The van der Waals surface area contributed by atoms with Crippen molar-refractivity contribution < 1.29 is 4.79 Å². The third-order valence-electron chi connectivity index (χ3n) is 2.60. The minimum Gasteiger partial charge on any atom is -0.338 e. The van der Waals surface area contributed by atoms with Gasteiger partial charge in [0.2, 0.25) is 0 Å². The van der Waals surface area contributed by atoms with Gasteiger partial charge in [0.15, 0.2) is 0 Å². The van der Waals surface area contributed by atoms with Gasteiger partial charge in [0.1, 0.15) is 0 Å². The van der Waals surface area contributed by atoms with E-state index in [2.05, 4.69) is 16.6 Å². The number of likely N-dealkylation sites (tertiary alicyclic amines) is 1. The molecule has 1 fully saturated rings. The lowest BCUT2D eigenvalue weighted by atomic mass is 10.1. The number of carbonyl (C=O) groups is 1. The molecular weight excluding hydrogens is 190 g/mol. The molecule has 1 rings (SSSR count). The number of hydrogen-bond donors (Lipinski definition) is 2. The van der Waals surface area contributed by atoms with Gasteiger partial charge in [0, 0.05) is 25.7 Å². The van der Waals surface area contributed by atoms with Crippen LogP contribution in [0, 0.1) is 12.3 Å². The van der Waals surface area contributed by atoms with Crippen molar-refractivity contribution >= 4 is 6.03 Å². The first-order valence-electron chi connectivity index (χ1n) is 5.47. The largest absolute Gasteiger partial charge is 0.338 e. The summed E-state index contributed by atoms with van der Waals surface area (Å²) in [6.45, 7) is 4.86. The molecule has 0 aromatic carbocycles. The maximum absolute atomic E-state index is 11.5. The van der Waals surface area contributed by atoms with E-state index in [1.807, 2.05) is 11.8 Å². The Hall–Kier alpha value is -1.21. The van der Waals surface area contributed by atoms with E-state index < -0.39 is 0 Å². The summed E-state index contributed by atoms with van der Waals surface area (Å²) in [7, 11) is 0. The van der Waals surface area contributed by atoms with Crippen molar-refractivity contribution in [1.29, 1.82) is 0 Å². The molecule has 4 nitrogen and oxygen atoms in total. The molecule has 0 aromatic heterocycles. The summed E-state index contributed by atoms with van der Waals surface area (Å²) in [4.78, 5) is 13.3. The molecule has 84 valence electrons. The zero-order chi connectivity index (χ0) is 11.1. The predicted octanol–water partition coefficient (Wildman–Crippen LogP) is 0.403. The zero-order valence-corrected chi connectivity index (χ0v) is 9.25. The van der Waals surface area contributed by atoms with Gasteiger partial charge in [-0.2, -0.15) is 0 Å². The number of nitrogens with one attached hydrogen (secondary N) is 2. The average Bonchev–Trinajstić information content (AvgIpc) is 2.27. The van der Waals surface area contributed by atoms with E-state index >= 15 is 0 Å². The normalized spacial score (nSPS) is 17.2. The highest BCUT2D eigenvalue weighted by Crippen LogP contribution is 2.09. The topological polar surface area (TPSA) is 44.4 Å². The molecule has 15 heavy (non-hydrogen) atoms. The highest BCUT2D eigenvalue weighted by Gasteiger charge is 2.21. The molecule has 0 aliphatic carbocycles. The molecule has 1 saturated heterocycles. The van der Waals surface area contributed by atoms with Crippen molar-refractivity contribution in [3.8, 4) is 12.3 Å². The van der Waals surface area contributed by atoms with E-state index in [1.54, 1.807) is 0 Å². The summed E-state index contributed by atoms with van der Waals surface area (Å²) in [5.74, 6) is 2.57. The Balaban J connectivity index is 2.23. The molecule has 0 unspecified atom stereocenters. The van der Waals surface area contributed by atoms with Crippen molar-refractivity contribution in [3.05, 3.63) is 0 Å². The van der Waals surface area contributed by atoms with Crippen LogP contribution in [0.5, 0.6) is 0 Å². The van der Waals surface area contributed by atoms with Crippen LogP contribution in [0.4, 0.5) is 4.79 Å². The van der Waals surface area contributed by atoms with Crippen LogP contribution < -0.4 is 10.6 Å². The highest BCUT2D eigenvalue weighted by atomic mass is 16.2. The van der Waals surface area contributed by atoms with Crippen LogP contribution in [-0.4, -0.2) is 43.2 Å². The fourth-order valence-electron chi connectivity index (χ4n) is 1.75. The van der Waals surface area contributed by atoms with Gasteiger partial charge in [0.05, 0.1) is 6.54 Å². The fraction of sp³-hybridized carbons (Fsp3) is 0.727. The standard InChI is InChI=1S/C11H19N3O/c1-3-7-13-10-5-8-14(9-6-10)11(15)12-4-2/h1,10,13H,4-9H2,2H3,(H,12,15). The quantitative estimate of drug-likeness (QED) is 0.661. The van der Waals surface area contributed by atoms with Crippen molar-refractivity contribution in [3.63, 3.8) is 0 Å². The van der Waals surface area contributed by atoms with E-state index in [0.29, 0.717) is 19.1 Å². The first-order valence-corrected chi connectivity index (χ1v) is 5.47. The van der Waals surface area contributed by atoms with Gasteiger partial charge in [-0.1, -0.05) is 5.92 Å². The summed E-state index contributed by atoms with van der Waals surface area (Å²) < 4.78 is 0. The van der Waals surface area contributed by atoms with E-state index in [-0.39, 0.29) is 6.03 Å². The summed E-state index contributed by atoms with van der Waals surface area (Å²) >= 11 is 0. The monoisotopic (exact) mass is 209 g/mol. The van der Waals surface area contributed by atoms with Crippen LogP contribution >= 0.6 is 0 Å². The molecule has 1 aliphatic rings. The van der Waals surface area contributed by atoms with Crippen LogP contribution in [0.3, 0.4) is 0 Å². The maximum atomic E-state index is 11.5. The first kappa shape index (κ1) is 11.9. The number of rotatable bonds is 3. The number of terminal acetylenes is 1. The second kappa shape index (κ2) is 6.31. The van der Waals surface area contributed by atoms with Gasteiger partial charge in [-0.25, -0.2) is 4.79 Å². The summed E-state index contributed by atoms with van der Waals surface area (Å²) in [5.41, 5.74) is 0. The van der Waals surface area contributed by atoms with Gasteiger partial charge in [-0.05, 0) is 19.8 Å². The Kier molecular flexibility index (Phi) is 4.99. The Morgan fingerprint density at radius 3 is 2.73 bits per heavy atom. The minimum absolute atomic E-state index is 0.0490. The van der Waals surface area contributed by atoms with Gasteiger partial charge < -0.3 is 15.5 Å². The summed E-state index contributed by atoms with van der Waals surface area (Å²) in [5, 5.41) is 6.08. The fourth-order valence-corrected chi connectivity index (χ4v) is 1.75. The van der Waals surface area contributed by atoms with Crippen LogP contribution in [0.1, 0.15) is 19.8 Å². The molecule has 0 aromatic rings. The number of hydrogen-bond acceptors (Lipinski definition) is 2. The molecule has 2 amide bonds. The smallest absolute Gasteiger partial charge is 0.317 e. The molecule has 1 aliphatic heterocycles. The first-order chi connectivity index (χ1) is 7.27. The van der Waals surface area contributed by atoms with Gasteiger partial charge in [-0.3, -0.25) is 0 Å². The van der Waals surface area contributed by atoms with Crippen molar-refractivity contribution in [2.24, 2.45) is 0 Å². The third kappa shape index (κ3) is 3.80. The van der Waals surface area contributed by atoms with E-state index in [9.17, 15) is 4.79 Å². The molecule has 0 spiro atoms. The molecule has 0 radical (unpaired) electrons. The van der Waals surface area contributed by atoms with Crippen LogP contribution in [0.15, 0.2) is 0 Å². The van der Waals surface area contributed by atoms with E-state index in [1.165, 1.54) is 0 Å². The van der Waals surface area contributed by atoms with Gasteiger partial charge >= 0.3 is 6.03 Å². The van der Waals surface area contributed by atoms with Crippen LogP contribution in [0.25, 0.3) is 0 Å². The SMILES string of the molecule is C#CCNC1CCN(C(=O)NCC)CC1. The Labute approximate surface area is 91.4 Å². The average molecular weight is 209 g/mol. The number of piperidine rings is 1. The van der Waals surface area contributed by atoms with Gasteiger partial charge in [0.25, 0.3) is 0 Å². The summed E-state index contributed by atoms with van der Waals surface area (Å²) in [6, 6.07) is 0.514. The molecule has 1 heterocycles. The summed E-state index contributed by atoms with van der Waals surface area (Å²) in [6.07, 6.45) is 7.14. The van der Waals surface area contributed by atoms with E-state index in [0.717, 1.165) is 25.9 Å². The lowest BCUT2D eigenvalue weighted by molar-refractivity contribution is 0.178. The molecular formula is C11H19N3O. The Bertz CT molecular complexity index is 239. The molecule has 4 heteroatoms. The lowest BCUT2D eigenvalue weighted by Crippen LogP contribution is -2.48. The molecule has 2 N–H and O–H groups in total. The van der Waals surface area contributed by atoms with Crippen molar-refractivity contribution in [1.82, 2.24) is 15.5 Å². The third-order valence-corrected chi connectivity index (χ3v) is 2.60. The maximum Gasteiger partial charge on any atom is 0.317 e. The molecule has 0 atom stereocenters. The highest BCUT2D eigenvalue weighted by molar-refractivity contribution is 5.74. The van der Waals surface area contributed by atoms with Crippen molar-refractivity contribution in [2.45, 2.75) is 25.8 Å². The lowest BCUT2D eigenvalue weighted by Gasteiger charge is -2.32. The number of amides is 2. The Morgan fingerprint density at radius 1 is 1.53 bits per heavy atom. The second-order valence-electron chi connectivity index (χ2n) is 3.68. The molecule has 0 bridgehead atoms. The number of urea groups is 1. The van der Waals surface area contributed by atoms with Crippen LogP contribution in [-0.2, 0) is 0 Å². The second-order valence-corrected chi connectivity index (χ2v) is 3.68. The predicted molar refractivity (Wildman–Crippen MR) is 60.5 cm³/mol.